The number of benzene rings is 1. The third-order valence-electron chi connectivity index (χ3n) is 3.55. The third kappa shape index (κ3) is 2.53. The summed E-state index contributed by atoms with van der Waals surface area (Å²) in [6, 6.07) is 4.63. The molecule has 1 unspecified atom stereocenters. The van der Waals surface area contributed by atoms with Crippen molar-refractivity contribution in [3.63, 3.8) is 0 Å². The van der Waals surface area contributed by atoms with E-state index in [-0.39, 0.29) is 18.2 Å². The first-order valence-electron chi connectivity index (χ1n) is 6.39. The van der Waals surface area contributed by atoms with Crippen molar-refractivity contribution >= 4 is 12.0 Å². The molecule has 1 saturated heterocycles. The largest absolute Gasteiger partial charge is 0.394 e. The van der Waals surface area contributed by atoms with E-state index in [1.54, 1.807) is 12.1 Å². The van der Waals surface area contributed by atoms with Gasteiger partial charge in [-0.2, -0.15) is 0 Å². The van der Waals surface area contributed by atoms with Crippen LogP contribution in [0.3, 0.4) is 0 Å². The summed E-state index contributed by atoms with van der Waals surface area (Å²) in [5.41, 5.74) is 0.698. The zero-order valence-electron chi connectivity index (χ0n) is 10.3. The molecular weight excluding hydrogens is 233 g/mol. The summed E-state index contributed by atoms with van der Waals surface area (Å²) in [4.78, 5) is 13.0. The molecule has 98 valence electrons. The maximum absolute atomic E-state index is 13.6. The molecule has 4 heteroatoms. The summed E-state index contributed by atoms with van der Waals surface area (Å²) in [7, 11) is 0. The quantitative estimate of drug-likeness (QED) is 0.838. The van der Waals surface area contributed by atoms with Crippen LogP contribution < -0.4 is 4.90 Å². The number of carbonyl (C=O) groups excluding carboxylic acids is 1. The molecule has 1 aliphatic heterocycles. The van der Waals surface area contributed by atoms with E-state index in [4.69, 9.17) is 0 Å². The van der Waals surface area contributed by atoms with Crippen LogP contribution in [0.4, 0.5) is 10.1 Å². The molecule has 1 N–H and O–H groups in total. The molecule has 0 aromatic heterocycles. The van der Waals surface area contributed by atoms with Crippen molar-refractivity contribution in [2.75, 3.05) is 18.1 Å². The lowest BCUT2D eigenvalue weighted by Crippen LogP contribution is -2.38. The Kier molecular flexibility index (Phi) is 4.31. The maximum Gasteiger partial charge on any atom is 0.155 e. The summed E-state index contributed by atoms with van der Waals surface area (Å²) >= 11 is 0. The Bertz CT molecular complexity index is 422. The molecular formula is C14H18FNO2. The van der Waals surface area contributed by atoms with Crippen LogP contribution in [0.1, 0.15) is 36.0 Å². The second kappa shape index (κ2) is 5.96. The van der Waals surface area contributed by atoms with Crippen molar-refractivity contribution < 1.29 is 14.3 Å². The minimum atomic E-state index is -0.497. The number of halogens is 1. The van der Waals surface area contributed by atoms with E-state index in [1.807, 2.05) is 4.90 Å². The van der Waals surface area contributed by atoms with Gasteiger partial charge in [0, 0.05) is 6.54 Å². The van der Waals surface area contributed by atoms with Gasteiger partial charge in [-0.05, 0) is 25.0 Å². The fraction of sp³-hybridized carbons (Fsp3) is 0.500. The normalized spacial score (nSPS) is 20.6. The van der Waals surface area contributed by atoms with E-state index in [2.05, 4.69) is 0 Å². The van der Waals surface area contributed by atoms with Gasteiger partial charge < -0.3 is 10.0 Å². The van der Waals surface area contributed by atoms with Gasteiger partial charge in [-0.15, -0.1) is 0 Å². The van der Waals surface area contributed by atoms with Gasteiger partial charge >= 0.3 is 0 Å². The summed E-state index contributed by atoms with van der Waals surface area (Å²) < 4.78 is 13.6. The van der Waals surface area contributed by atoms with E-state index in [0.717, 1.165) is 32.2 Å². The van der Waals surface area contributed by atoms with Gasteiger partial charge in [0.05, 0.1) is 23.9 Å². The van der Waals surface area contributed by atoms with Crippen LogP contribution in [0.2, 0.25) is 0 Å². The Labute approximate surface area is 106 Å². The van der Waals surface area contributed by atoms with E-state index in [0.29, 0.717) is 12.0 Å². The fourth-order valence-electron chi connectivity index (χ4n) is 2.58. The molecule has 1 heterocycles. The first-order chi connectivity index (χ1) is 8.77. The minimum Gasteiger partial charge on any atom is -0.394 e. The van der Waals surface area contributed by atoms with E-state index < -0.39 is 5.82 Å². The van der Waals surface area contributed by atoms with Gasteiger partial charge in [0.15, 0.2) is 6.29 Å². The molecule has 1 aromatic rings. The molecule has 1 atom stereocenters. The first-order valence-corrected chi connectivity index (χ1v) is 6.39. The van der Waals surface area contributed by atoms with Crippen LogP contribution in [0, 0.1) is 5.82 Å². The first kappa shape index (κ1) is 13.0. The molecule has 1 aliphatic rings. The highest BCUT2D eigenvalue weighted by Gasteiger charge is 2.23. The van der Waals surface area contributed by atoms with Crippen molar-refractivity contribution in [1.82, 2.24) is 0 Å². The average Bonchev–Trinajstić information content (AvgIpc) is 2.63. The highest BCUT2D eigenvalue weighted by Crippen LogP contribution is 2.27. The van der Waals surface area contributed by atoms with Crippen LogP contribution in [0.5, 0.6) is 0 Å². The van der Waals surface area contributed by atoms with Crippen molar-refractivity contribution in [2.24, 2.45) is 0 Å². The number of aliphatic hydroxyl groups excluding tert-OH is 1. The van der Waals surface area contributed by atoms with Crippen LogP contribution in [0.25, 0.3) is 0 Å². The summed E-state index contributed by atoms with van der Waals surface area (Å²) in [5, 5.41) is 9.46. The number of carbonyl (C=O) groups is 1. The second-order valence-corrected chi connectivity index (χ2v) is 4.67. The van der Waals surface area contributed by atoms with Crippen LogP contribution in [-0.4, -0.2) is 30.6 Å². The fourth-order valence-corrected chi connectivity index (χ4v) is 2.58. The average molecular weight is 251 g/mol. The Morgan fingerprint density at radius 3 is 2.94 bits per heavy atom. The highest BCUT2D eigenvalue weighted by molar-refractivity contribution is 5.85. The second-order valence-electron chi connectivity index (χ2n) is 4.67. The Morgan fingerprint density at radius 2 is 2.22 bits per heavy atom. The molecule has 1 fully saturated rings. The van der Waals surface area contributed by atoms with Crippen LogP contribution in [-0.2, 0) is 0 Å². The van der Waals surface area contributed by atoms with Crippen molar-refractivity contribution in [3.8, 4) is 0 Å². The lowest BCUT2D eigenvalue weighted by Gasteiger charge is -2.31. The molecule has 2 rings (SSSR count). The van der Waals surface area contributed by atoms with E-state index in [9.17, 15) is 14.3 Å². The predicted molar refractivity (Wildman–Crippen MR) is 68.5 cm³/mol. The van der Waals surface area contributed by atoms with Gasteiger partial charge in [-0.1, -0.05) is 18.9 Å². The highest BCUT2D eigenvalue weighted by atomic mass is 19.1. The Morgan fingerprint density at radius 1 is 1.39 bits per heavy atom. The van der Waals surface area contributed by atoms with Gasteiger partial charge in [0.1, 0.15) is 5.82 Å². The molecule has 18 heavy (non-hydrogen) atoms. The van der Waals surface area contributed by atoms with Crippen LogP contribution >= 0.6 is 0 Å². The SMILES string of the molecule is O=Cc1c(F)cccc1N1CCCCCC1CO. The molecule has 0 aliphatic carbocycles. The van der Waals surface area contributed by atoms with Gasteiger partial charge in [-0.25, -0.2) is 4.39 Å². The number of aliphatic hydroxyl groups is 1. The standard InChI is InChI=1S/C14H18FNO2/c15-13-6-4-7-14(12(13)10-18)16-8-3-1-2-5-11(16)9-17/h4,6-7,10-11,17H,1-3,5,8-9H2. The van der Waals surface area contributed by atoms with Crippen molar-refractivity contribution in [2.45, 2.75) is 31.7 Å². The van der Waals surface area contributed by atoms with Gasteiger partial charge in [0.2, 0.25) is 0 Å². The zero-order chi connectivity index (χ0) is 13.0. The van der Waals surface area contributed by atoms with Crippen molar-refractivity contribution in [1.29, 1.82) is 0 Å². The predicted octanol–water partition coefficient (Wildman–Crippen LogP) is 2.38. The third-order valence-corrected chi connectivity index (χ3v) is 3.55. The Hall–Kier alpha value is -1.42. The smallest absolute Gasteiger partial charge is 0.155 e. The molecule has 0 saturated carbocycles. The topological polar surface area (TPSA) is 40.5 Å². The van der Waals surface area contributed by atoms with Crippen LogP contribution in [0.15, 0.2) is 18.2 Å². The van der Waals surface area contributed by atoms with Gasteiger partial charge in [-0.3, -0.25) is 4.79 Å². The van der Waals surface area contributed by atoms with Gasteiger partial charge in [0.25, 0.3) is 0 Å². The van der Waals surface area contributed by atoms with E-state index >= 15 is 0 Å². The molecule has 0 radical (unpaired) electrons. The zero-order valence-corrected chi connectivity index (χ0v) is 10.3. The maximum atomic E-state index is 13.6. The Balaban J connectivity index is 2.38. The number of aldehydes is 1. The summed E-state index contributed by atoms with van der Waals surface area (Å²) in [6.45, 7) is 0.796. The molecule has 0 spiro atoms. The lowest BCUT2D eigenvalue weighted by atomic mass is 10.1. The lowest BCUT2D eigenvalue weighted by molar-refractivity contribution is 0.112. The summed E-state index contributed by atoms with van der Waals surface area (Å²) in [6.07, 6.45) is 4.62. The molecule has 3 nitrogen and oxygen atoms in total. The number of hydrogen-bond acceptors (Lipinski definition) is 3. The number of anilines is 1. The number of hydrogen-bond donors (Lipinski definition) is 1. The molecule has 0 amide bonds. The van der Waals surface area contributed by atoms with Crippen molar-refractivity contribution in [3.05, 3.63) is 29.6 Å². The minimum absolute atomic E-state index is 0.0204. The number of rotatable bonds is 3. The number of nitrogens with zero attached hydrogens (tertiary/aromatic N) is 1. The summed E-state index contributed by atoms with van der Waals surface area (Å²) in [5.74, 6) is -0.497. The molecule has 0 bridgehead atoms. The monoisotopic (exact) mass is 251 g/mol. The molecule has 1 aromatic carbocycles. The van der Waals surface area contributed by atoms with E-state index in [1.165, 1.54) is 6.07 Å².